The highest BCUT2D eigenvalue weighted by molar-refractivity contribution is 9.10. The molecule has 3 aromatic carbocycles. The minimum Gasteiger partial charge on any atom is -0.489 e. The Labute approximate surface area is 162 Å². The molecule has 0 amide bonds. The molecule has 134 valence electrons. The van der Waals surface area contributed by atoms with E-state index in [0.717, 1.165) is 33.5 Å². The molecule has 4 heteroatoms. The van der Waals surface area contributed by atoms with E-state index in [2.05, 4.69) is 52.4 Å². The highest BCUT2D eigenvalue weighted by atomic mass is 79.9. The highest BCUT2D eigenvalue weighted by Gasteiger charge is 2.07. The van der Waals surface area contributed by atoms with Crippen LogP contribution in [0.3, 0.4) is 0 Å². The van der Waals surface area contributed by atoms with Gasteiger partial charge in [0.2, 0.25) is 0 Å². The molecule has 0 aliphatic heterocycles. The number of para-hydroxylation sites is 1. The van der Waals surface area contributed by atoms with Crippen molar-refractivity contribution in [3.63, 3.8) is 0 Å². The molecule has 0 saturated carbocycles. The van der Waals surface area contributed by atoms with E-state index in [1.54, 1.807) is 12.1 Å². The number of hydrogen-bond acceptors (Lipinski definition) is 2. The van der Waals surface area contributed by atoms with Gasteiger partial charge in [-0.25, -0.2) is 4.39 Å². The van der Waals surface area contributed by atoms with Gasteiger partial charge < -0.3 is 10.1 Å². The summed E-state index contributed by atoms with van der Waals surface area (Å²) >= 11 is 3.53. The lowest BCUT2D eigenvalue weighted by Gasteiger charge is -2.15. The van der Waals surface area contributed by atoms with Gasteiger partial charge in [0.25, 0.3) is 0 Å². The Hall–Kier alpha value is -2.33. The van der Waals surface area contributed by atoms with Crippen LogP contribution in [0.15, 0.2) is 71.2 Å². The number of ether oxygens (including phenoxy) is 1. The van der Waals surface area contributed by atoms with Gasteiger partial charge in [0, 0.05) is 22.3 Å². The van der Waals surface area contributed by atoms with Crippen molar-refractivity contribution >= 4 is 21.6 Å². The van der Waals surface area contributed by atoms with Gasteiger partial charge in [0.1, 0.15) is 18.2 Å². The zero-order chi connectivity index (χ0) is 18.4. The molecule has 26 heavy (non-hydrogen) atoms. The maximum absolute atomic E-state index is 13.0. The standard InChI is InChI=1S/C22H21BrFNO/c1-2-17-5-3-4-6-21(17)25-14-18-13-19(23)9-12-22(18)26-15-16-7-10-20(24)11-8-16/h3-13,25H,2,14-15H2,1H3. The van der Waals surface area contributed by atoms with Gasteiger partial charge in [-0.15, -0.1) is 0 Å². The fraction of sp³-hybridized carbons (Fsp3) is 0.182. The van der Waals surface area contributed by atoms with Gasteiger partial charge >= 0.3 is 0 Å². The summed E-state index contributed by atoms with van der Waals surface area (Å²) in [6.07, 6.45) is 0.982. The SMILES string of the molecule is CCc1ccccc1NCc1cc(Br)ccc1OCc1ccc(F)cc1. The summed E-state index contributed by atoms with van der Waals surface area (Å²) in [5, 5.41) is 3.50. The summed E-state index contributed by atoms with van der Waals surface area (Å²) in [5.74, 6) is 0.580. The molecule has 3 rings (SSSR count). The van der Waals surface area contributed by atoms with Crippen molar-refractivity contribution in [2.24, 2.45) is 0 Å². The van der Waals surface area contributed by atoms with Crippen molar-refractivity contribution in [1.82, 2.24) is 0 Å². The third-order valence-corrected chi connectivity index (χ3v) is 4.69. The van der Waals surface area contributed by atoms with Crippen LogP contribution in [-0.2, 0) is 19.6 Å². The minimum absolute atomic E-state index is 0.239. The minimum atomic E-state index is -0.239. The van der Waals surface area contributed by atoms with Crippen LogP contribution < -0.4 is 10.1 Å². The van der Waals surface area contributed by atoms with Gasteiger partial charge in [-0.1, -0.05) is 53.2 Å². The smallest absolute Gasteiger partial charge is 0.124 e. The van der Waals surface area contributed by atoms with E-state index in [1.165, 1.54) is 17.7 Å². The van der Waals surface area contributed by atoms with E-state index in [4.69, 9.17) is 4.74 Å². The number of benzene rings is 3. The lowest BCUT2D eigenvalue weighted by atomic mass is 10.1. The van der Waals surface area contributed by atoms with Crippen molar-refractivity contribution in [3.8, 4) is 5.75 Å². The van der Waals surface area contributed by atoms with Crippen LogP contribution in [0.1, 0.15) is 23.6 Å². The van der Waals surface area contributed by atoms with Crippen LogP contribution in [0, 0.1) is 5.82 Å². The Bertz CT molecular complexity index is 864. The first-order chi connectivity index (χ1) is 12.7. The quantitative estimate of drug-likeness (QED) is 0.487. The summed E-state index contributed by atoms with van der Waals surface area (Å²) in [5.41, 5.74) is 4.42. The van der Waals surface area contributed by atoms with Gasteiger partial charge in [-0.05, 0) is 53.9 Å². The van der Waals surface area contributed by atoms with Crippen LogP contribution in [0.5, 0.6) is 5.75 Å². The van der Waals surface area contributed by atoms with Crippen molar-refractivity contribution in [2.45, 2.75) is 26.5 Å². The molecule has 1 N–H and O–H groups in total. The van der Waals surface area contributed by atoms with Crippen molar-refractivity contribution < 1.29 is 9.13 Å². The van der Waals surface area contributed by atoms with Gasteiger partial charge in [0.15, 0.2) is 0 Å². The molecular formula is C22H21BrFNO. The normalized spacial score (nSPS) is 10.6. The van der Waals surface area contributed by atoms with E-state index < -0.39 is 0 Å². The van der Waals surface area contributed by atoms with E-state index in [-0.39, 0.29) is 5.82 Å². The monoisotopic (exact) mass is 413 g/mol. The number of nitrogens with one attached hydrogen (secondary N) is 1. The molecule has 0 spiro atoms. The summed E-state index contributed by atoms with van der Waals surface area (Å²) in [7, 11) is 0. The van der Waals surface area contributed by atoms with E-state index in [1.807, 2.05) is 18.2 Å². The Balaban J connectivity index is 1.72. The van der Waals surface area contributed by atoms with Crippen LogP contribution >= 0.6 is 15.9 Å². The predicted molar refractivity (Wildman–Crippen MR) is 108 cm³/mol. The molecule has 0 radical (unpaired) electrons. The number of hydrogen-bond donors (Lipinski definition) is 1. The molecule has 0 atom stereocenters. The van der Waals surface area contributed by atoms with Gasteiger partial charge in [-0.3, -0.25) is 0 Å². The Kier molecular flexibility index (Phi) is 6.29. The largest absolute Gasteiger partial charge is 0.489 e. The van der Waals surface area contributed by atoms with Crippen LogP contribution in [0.4, 0.5) is 10.1 Å². The molecule has 0 aromatic heterocycles. The molecule has 0 saturated heterocycles. The van der Waals surface area contributed by atoms with E-state index >= 15 is 0 Å². The lowest BCUT2D eigenvalue weighted by molar-refractivity contribution is 0.303. The third-order valence-electron chi connectivity index (χ3n) is 4.20. The van der Waals surface area contributed by atoms with E-state index in [0.29, 0.717) is 13.2 Å². The zero-order valence-electron chi connectivity index (χ0n) is 14.6. The summed E-state index contributed by atoms with van der Waals surface area (Å²) in [6, 6.07) is 20.7. The van der Waals surface area contributed by atoms with Crippen molar-refractivity contribution in [2.75, 3.05) is 5.32 Å². The second-order valence-electron chi connectivity index (χ2n) is 6.03. The number of rotatable bonds is 7. The fourth-order valence-electron chi connectivity index (χ4n) is 2.76. The molecular weight excluding hydrogens is 393 g/mol. The molecule has 0 aliphatic rings. The first-order valence-electron chi connectivity index (χ1n) is 8.63. The number of halogens is 2. The molecule has 0 fully saturated rings. The maximum atomic E-state index is 13.0. The molecule has 0 aliphatic carbocycles. The maximum Gasteiger partial charge on any atom is 0.124 e. The Morgan fingerprint density at radius 2 is 1.73 bits per heavy atom. The van der Waals surface area contributed by atoms with Crippen LogP contribution in [0.25, 0.3) is 0 Å². The molecule has 0 heterocycles. The molecule has 3 aromatic rings. The van der Waals surface area contributed by atoms with Gasteiger partial charge in [-0.2, -0.15) is 0 Å². The van der Waals surface area contributed by atoms with E-state index in [9.17, 15) is 4.39 Å². The first kappa shape index (κ1) is 18.5. The molecule has 2 nitrogen and oxygen atoms in total. The average molecular weight is 414 g/mol. The van der Waals surface area contributed by atoms with Crippen LogP contribution in [0.2, 0.25) is 0 Å². The Morgan fingerprint density at radius 1 is 0.962 bits per heavy atom. The number of aryl methyl sites for hydroxylation is 1. The summed E-state index contributed by atoms with van der Waals surface area (Å²) < 4.78 is 20.0. The van der Waals surface area contributed by atoms with Crippen molar-refractivity contribution in [1.29, 1.82) is 0 Å². The fourth-order valence-corrected chi connectivity index (χ4v) is 3.17. The van der Waals surface area contributed by atoms with Gasteiger partial charge in [0.05, 0.1) is 0 Å². The Morgan fingerprint density at radius 3 is 2.50 bits per heavy atom. The molecule has 0 unspecified atom stereocenters. The predicted octanol–water partition coefficient (Wildman–Crippen LogP) is 6.34. The summed E-state index contributed by atoms with van der Waals surface area (Å²) in [4.78, 5) is 0. The van der Waals surface area contributed by atoms with Crippen molar-refractivity contribution in [3.05, 3.63) is 93.7 Å². The average Bonchev–Trinajstić information content (AvgIpc) is 2.67. The lowest BCUT2D eigenvalue weighted by Crippen LogP contribution is -2.05. The zero-order valence-corrected chi connectivity index (χ0v) is 16.2. The number of anilines is 1. The second kappa shape index (κ2) is 8.86. The topological polar surface area (TPSA) is 21.3 Å². The highest BCUT2D eigenvalue weighted by Crippen LogP contribution is 2.26. The first-order valence-corrected chi connectivity index (χ1v) is 9.42. The second-order valence-corrected chi connectivity index (χ2v) is 6.95. The van der Waals surface area contributed by atoms with Crippen LogP contribution in [-0.4, -0.2) is 0 Å². The third kappa shape index (κ3) is 4.85. The summed E-state index contributed by atoms with van der Waals surface area (Å²) in [6.45, 7) is 3.21. The molecule has 0 bridgehead atoms.